The van der Waals surface area contributed by atoms with Crippen molar-refractivity contribution in [3.8, 4) is 5.75 Å². The van der Waals surface area contributed by atoms with Crippen molar-refractivity contribution < 1.29 is 23.9 Å². The number of carbonyl (C=O) groups excluding carboxylic acids is 3. The summed E-state index contributed by atoms with van der Waals surface area (Å²) < 4.78 is 10.8. The van der Waals surface area contributed by atoms with Crippen LogP contribution < -0.4 is 20.7 Å². The monoisotopic (exact) mass is 532 g/mol. The number of esters is 1. The summed E-state index contributed by atoms with van der Waals surface area (Å²) in [5.74, 6) is -1.20. The number of piperidine rings is 1. The molecule has 0 aliphatic carbocycles. The third-order valence-corrected chi connectivity index (χ3v) is 6.20. The zero-order chi connectivity index (χ0) is 24.1. The predicted molar refractivity (Wildman–Crippen MR) is 133 cm³/mol. The van der Waals surface area contributed by atoms with Crippen molar-refractivity contribution in [3.63, 3.8) is 0 Å². The Morgan fingerprint density at radius 1 is 1.12 bits per heavy atom. The molecule has 0 spiro atoms. The quantitative estimate of drug-likeness (QED) is 0.403. The maximum atomic E-state index is 12.8. The molecule has 2 amide bonds. The van der Waals surface area contributed by atoms with Crippen LogP contribution in [0, 0.1) is 6.92 Å². The number of hydrogen-bond acceptors (Lipinski definition) is 6. The van der Waals surface area contributed by atoms with Crippen LogP contribution >= 0.6 is 35.6 Å². The number of rotatable bonds is 7. The number of nitrogens with one attached hydrogen (secondary N) is 4. The second-order valence-corrected chi connectivity index (χ2v) is 8.46. The standard InChI is InChI=1S/C22H26Cl2N4O5.ClH/c1-11-17(23)18(24)19(26-11)21(30)28-15-5-4-13(20(29)27-12(2)22(31)32-3)10-16(15)33-14-6-8-25-9-7-14;/h4-5,10,12,14,25-26H,6-9H2,1-3H3,(H,27,29)(H,28,30);1H/t12-;/m1./s1. The van der Waals surface area contributed by atoms with Crippen molar-refractivity contribution in [1.29, 1.82) is 0 Å². The number of amides is 2. The highest BCUT2D eigenvalue weighted by Gasteiger charge is 2.23. The topological polar surface area (TPSA) is 122 Å². The minimum absolute atomic E-state index is 0. The molecule has 186 valence electrons. The SMILES string of the molecule is COC(=O)[C@@H](C)NC(=O)c1ccc(NC(=O)c2[nH]c(C)c(Cl)c2Cl)c(OC2CCNCC2)c1.Cl. The molecule has 1 aromatic carbocycles. The molecule has 2 aromatic rings. The second-order valence-electron chi connectivity index (χ2n) is 7.70. The summed E-state index contributed by atoms with van der Waals surface area (Å²) in [6, 6.07) is 3.81. The van der Waals surface area contributed by atoms with E-state index in [9.17, 15) is 14.4 Å². The van der Waals surface area contributed by atoms with Crippen LogP contribution in [0.3, 0.4) is 0 Å². The zero-order valence-electron chi connectivity index (χ0n) is 18.9. The number of anilines is 1. The first-order valence-corrected chi connectivity index (χ1v) is 11.2. The molecular formula is C22H27Cl3N4O5. The van der Waals surface area contributed by atoms with Gasteiger partial charge in [-0.25, -0.2) is 4.79 Å². The molecule has 1 aliphatic heterocycles. The molecule has 1 atom stereocenters. The van der Waals surface area contributed by atoms with Crippen molar-refractivity contribution in [2.75, 3.05) is 25.5 Å². The van der Waals surface area contributed by atoms with E-state index in [0.29, 0.717) is 17.1 Å². The van der Waals surface area contributed by atoms with Gasteiger partial charge in [-0.1, -0.05) is 23.2 Å². The number of aromatic amines is 1. The van der Waals surface area contributed by atoms with Gasteiger partial charge in [0.15, 0.2) is 0 Å². The van der Waals surface area contributed by atoms with E-state index < -0.39 is 23.8 Å². The van der Waals surface area contributed by atoms with Crippen molar-refractivity contribution in [2.45, 2.75) is 38.8 Å². The van der Waals surface area contributed by atoms with E-state index in [1.165, 1.54) is 26.2 Å². The van der Waals surface area contributed by atoms with Crippen LogP contribution in [0.2, 0.25) is 10.0 Å². The lowest BCUT2D eigenvalue weighted by Crippen LogP contribution is -2.39. The van der Waals surface area contributed by atoms with Crippen molar-refractivity contribution in [1.82, 2.24) is 15.6 Å². The lowest BCUT2D eigenvalue weighted by atomic mass is 10.1. The fourth-order valence-electron chi connectivity index (χ4n) is 3.39. The van der Waals surface area contributed by atoms with Crippen LogP contribution in [0.25, 0.3) is 0 Å². The molecule has 1 aromatic heterocycles. The van der Waals surface area contributed by atoms with Gasteiger partial charge in [0.2, 0.25) is 0 Å². The Balaban J connectivity index is 0.00000408. The van der Waals surface area contributed by atoms with Crippen LogP contribution in [0.5, 0.6) is 5.75 Å². The predicted octanol–water partition coefficient (Wildman–Crippen LogP) is 3.73. The minimum atomic E-state index is -0.821. The summed E-state index contributed by atoms with van der Waals surface area (Å²) in [5, 5.41) is 9.01. The average molecular weight is 534 g/mol. The zero-order valence-corrected chi connectivity index (χ0v) is 21.2. The summed E-state index contributed by atoms with van der Waals surface area (Å²) in [7, 11) is 1.25. The van der Waals surface area contributed by atoms with Gasteiger partial charge in [-0.15, -0.1) is 12.4 Å². The van der Waals surface area contributed by atoms with Crippen LogP contribution in [0.4, 0.5) is 5.69 Å². The summed E-state index contributed by atoms with van der Waals surface area (Å²) >= 11 is 12.3. The van der Waals surface area contributed by atoms with Crippen LogP contribution in [-0.4, -0.2) is 55.1 Å². The molecule has 3 rings (SSSR count). The fourth-order valence-corrected chi connectivity index (χ4v) is 3.80. The third kappa shape index (κ3) is 6.56. The van der Waals surface area contributed by atoms with Crippen LogP contribution in [0.15, 0.2) is 18.2 Å². The van der Waals surface area contributed by atoms with Gasteiger partial charge in [-0.2, -0.15) is 0 Å². The molecular weight excluding hydrogens is 507 g/mol. The van der Waals surface area contributed by atoms with E-state index in [4.69, 9.17) is 27.9 Å². The van der Waals surface area contributed by atoms with E-state index in [0.717, 1.165) is 25.9 Å². The molecule has 1 aliphatic rings. The molecule has 0 unspecified atom stereocenters. The molecule has 2 heterocycles. The van der Waals surface area contributed by atoms with Gasteiger partial charge in [0.1, 0.15) is 23.6 Å². The Morgan fingerprint density at radius 2 is 1.79 bits per heavy atom. The first-order chi connectivity index (χ1) is 15.7. The molecule has 12 heteroatoms. The summed E-state index contributed by atoms with van der Waals surface area (Å²) in [4.78, 5) is 40.0. The summed E-state index contributed by atoms with van der Waals surface area (Å²) in [6.07, 6.45) is 1.47. The van der Waals surface area contributed by atoms with Crippen molar-refractivity contribution in [3.05, 3.63) is 45.2 Å². The fraction of sp³-hybridized carbons (Fsp3) is 0.409. The first kappa shape index (κ1) is 27.8. The lowest BCUT2D eigenvalue weighted by molar-refractivity contribution is -0.142. The smallest absolute Gasteiger partial charge is 0.328 e. The first-order valence-electron chi connectivity index (χ1n) is 10.5. The molecule has 0 saturated carbocycles. The van der Waals surface area contributed by atoms with E-state index in [2.05, 4.69) is 25.7 Å². The molecule has 0 bridgehead atoms. The highest BCUT2D eigenvalue weighted by atomic mass is 35.5. The maximum absolute atomic E-state index is 12.8. The van der Waals surface area contributed by atoms with Gasteiger partial charge >= 0.3 is 5.97 Å². The number of carbonyl (C=O) groups is 3. The van der Waals surface area contributed by atoms with Crippen molar-refractivity contribution >= 4 is 59.1 Å². The van der Waals surface area contributed by atoms with Gasteiger partial charge in [-0.05, 0) is 58.0 Å². The Hall–Kier alpha value is -2.46. The number of methoxy groups -OCH3 is 1. The number of H-pyrrole nitrogens is 1. The number of hydrogen-bond donors (Lipinski definition) is 4. The lowest BCUT2D eigenvalue weighted by Gasteiger charge is -2.25. The summed E-state index contributed by atoms with van der Waals surface area (Å²) in [5.41, 5.74) is 1.34. The van der Waals surface area contributed by atoms with Crippen LogP contribution in [-0.2, 0) is 9.53 Å². The molecule has 34 heavy (non-hydrogen) atoms. The average Bonchev–Trinajstić information content (AvgIpc) is 3.07. The second kappa shape index (κ2) is 12.3. The van der Waals surface area contributed by atoms with E-state index in [1.807, 2.05) is 0 Å². The van der Waals surface area contributed by atoms with Crippen molar-refractivity contribution in [2.24, 2.45) is 0 Å². The number of benzene rings is 1. The van der Waals surface area contributed by atoms with Gasteiger partial charge in [0.05, 0.1) is 22.8 Å². The van der Waals surface area contributed by atoms with E-state index >= 15 is 0 Å². The molecule has 9 nitrogen and oxygen atoms in total. The van der Waals surface area contributed by atoms with Crippen LogP contribution in [0.1, 0.15) is 46.3 Å². The Labute approximate surface area is 213 Å². The Morgan fingerprint density at radius 3 is 2.38 bits per heavy atom. The number of ether oxygens (including phenoxy) is 2. The Kier molecular flexibility index (Phi) is 10.1. The van der Waals surface area contributed by atoms with Gasteiger partial charge in [-0.3, -0.25) is 9.59 Å². The molecule has 4 N–H and O–H groups in total. The van der Waals surface area contributed by atoms with E-state index in [1.54, 1.807) is 13.0 Å². The largest absolute Gasteiger partial charge is 0.488 e. The van der Waals surface area contributed by atoms with Gasteiger partial charge in [0.25, 0.3) is 11.8 Å². The third-order valence-electron chi connectivity index (χ3n) is 5.26. The highest BCUT2D eigenvalue weighted by molar-refractivity contribution is 6.44. The number of aromatic nitrogens is 1. The molecule has 0 radical (unpaired) electrons. The summed E-state index contributed by atoms with van der Waals surface area (Å²) in [6.45, 7) is 4.84. The number of aryl methyl sites for hydroxylation is 1. The van der Waals surface area contributed by atoms with E-state index in [-0.39, 0.29) is 39.8 Å². The molecule has 1 saturated heterocycles. The van der Waals surface area contributed by atoms with Gasteiger partial charge in [0, 0.05) is 11.3 Å². The highest BCUT2D eigenvalue weighted by Crippen LogP contribution is 2.32. The Bertz CT molecular complexity index is 1050. The maximum Gasteiger partial charge on any atom is 0.328 e. The van der Waals surface area contributed by atoms with Gasteiger partial charge < -0.3 is 30.4 Å². The minimum Gasteiger partial charge on any atom is -0.488 e. The number of halogens is 3. The normalized spacial score (nSPS) is 14.5. The molecule has 1 fully saturated rings.